The molecule has 1 amide bonds. The Labute approximate surface area is 244 Å². The molecule has 0 bridgehead atoms. The topological polar surface area (TPSA) is 155 Å². The first-order valence-electron chi connectivity index (χ1n) is 13.4. The number of aliphatic hydroxyl groups is 1. The second-order valence-electron chi connectivity index (χ2n) is 10.2. The van der Waals surface area contributed by atoms with Crippen molar-refractivity contribution in [3.05, 3.63) is 84.4 Å². The van der Waals surface area contributed by atoms with E-state index in [0.717, 1.165) is 5.56 Å². The van der Waals surface area contributed by atoms with Gasteiger partial charge in [0.1, 0.15) is 5.75 Å². The van der Waals surface area contributed by atoms with Crippen LogP contribution < -0.4 is 10.1 Å². The third-order valence-corrected chi connectivity index (χ3v) is 8.37. The van der Waals surface area contributed by atoms with Crippen molar-refractivity contribution in [2.24, 2.45) is 5.92 Å². The van der Waals surface area contributed by atoms with Crippen molar-refractivity contribution in [3.8, 4) is 28.6 Å². The number of hydrogen-bond donors (Lipinski definition) is 3. The zero-order valence-corrected chi connectivity index (χ0v) is 24.4. The Morgan fingerprint density at radius 3 is 2.36 bits per heavy atom. The molecule has 222 valence electrons. The van der Waals surface area contributed by atoms with Crippen LogP contribution >= 0.6 is 0 Å². The Bertz CT molecular complexity index is 1570. The fraction of sp³-hybridized carbons (Fsp3) is 0.300. The molecule has 0 aliphatic carbocycles. The molecule has 12 heteroatoms. The van der Waals surface area contributed by atoms with Crippen LogP contribution in [0.3, 0.4) is 0 Å². The Morgan fingerprint density at radius 1 is 1.00 bits per heavy atom. The largest absolute Gasteiger partial charge is 0.497 e. The van der Waals surface area contributed by atoms with E-state index >= 15 is 0 Å². The van der Waals surface area contributed by atoms with Crippen LogP contribution in [0.25, 0.3) is 22.8 Å². The average Bonchev–Trinajstić information content (AvgIpc) is 3.47. The van der Waals surface area contributed by atoms with Gasteiger partial charge in [0, 0.05) is 24.2 Å². The highest BCUT2D eigenvalue weighted by Gasteiger charge is 2.31. The SMILES string of the molecule is COc1cccc(-c2nc(-c3ccc(S(=O)(=O)N(CC(C)C)C[C@H](O)[C@H](Cc4ccccc4)NC(=O)O)cc3)no2)c1. The summed E-state index contributed by atoms with van der Waals surface area (Å²) in [4.78, 5) is 15.9. The Morgan fingerprint density at radius 2 is 1.71 bits per heavy atom. The van der Waals surface area contributed by atoms with E-state index in [0.29, 0.717) is 16.9 Å². The smallest absolute Gasteiger partial charge is 0.404 e. The maximum atomic E-state index is 13.7. The molecule has 0 aliphatic rings. The Balaban J connectivity index is 1.54. The third kappa shape index (κ3) is 7.72. The van der Waals surface area contributed by atoms with Crippen LogP contribution in [0.1, 0.15) is 19.4 Å². The number of methoxy groups -OCH3 is 1. The average molecular weight is 595 g/mol. The van der Waals surface area contributed by atoms with Gasteiger partial charge < -0.3 is 24.8 Å². The molecule has 0 radical (unpaired) electrons. The third-order valence-electron chi connectivity index (χ3n) is 6.52. The number of aromatic nitrogens is 2. The molecule has 3 N–H and O–H groups in total. The van der Waals surface area contributed by atoms with Crippen molar-refractivity contribution in [2.45, 2.75) is 37.3 Å². The van der Waals surface area contributed by atoms with E-state index in [1.807, 2.05) is 50.2 Å². The number of benzene rings is 3. The van der Waals surface area contributed by atoms with Crippen molar-refractivity contribution in [1.82, 2.24) is 19.8 Å². The highest BCUT2D eigenvalue weighted by Crippen LogP contribution is 2.27. The number of carbonyl (C=O) groups is 1. The van der Waals surface area contributed by atoms with E-state index in [-0.39, 0.29) is 42.0 Å². The maximum Gasteiger partial charge on any atom is 0.404 e. The molecular weight excluding hydrogens is 560 g/mol. The lowest BCUT2D eigenvalue weighted by molar-refractivity contribution is 0.0980. The molecule has 0 fully saturated rings. The van der Waals surface area contributed by atoms with Gasteiger partial charge in [0.25, 0.3) is 5.89 Å². The number of amides is 1. The van der Waals surface area contributed by atoms with Crippen LogP contribution in [-0.4, -0.2) is 71.5 Å². The second kappa shape index (κ2) is 13.6. The van der Waals surface area contributed by atoms with E-state index in [1.54, 1.807) is 37.4 Å². The van der Waals surface area contributed by atoms with E-state index in [4.69, 9.17) is 9.26 Å². The highest BCUT2D eigenvalue weighted by molar-refractivity contribution is 7.89. The van der Waals surface area contributed by atoms with Gasteiger partial charge in [-0.3, -0.25) is 0 Å². The van der Waals surface area contributed by atoms with E-state index in [2.05, 4.69) is 15.5 Å². The van der Waals surface area contributed by atoms with Crippen LogP contribution in [0, 0.1) is 5.92 Å². The first-order valence-corrected chi connectivity index (χ1v) is 14.8. The number of nitrogens with one attached hydrogen (secondary N) is 1. The van der Waals surface area contributed by atoms with Gasteiger partial charge in [-0.05, 0) is 60.4 Å². The number of sulfonamides is 1. The van der Waals surface area contributed by atoms with Crippen LogP contribution in [0.2, 0.25) is 0 Å². The van der Waals surface area contributed by atoms with Gasteiger partial charge >= 0.3 is 6.09 Å². The number of nitrogens with zero attached hydrogens (tertiary/aromatic N) is 3. The van der Waals surface area contributed by atoms with Gasteiger partial charge in [-0.15, -0.1) is 0 Å². The minimum atomic E-state index is -4.05. The minimum absolute atomic E-state index is 0.0152. The molecule has 3 aromatic carbocycles. The van der Waals surface area contributed by atoms with Crippen LogP contribution in [0.15, 0.2) is 88.3 Å². The fourth-order valence-electron chi connectivity index (χ4n) is 4.46. The minimum Gasteiger partial charge on any atom is -0.497 e. The first kappa shape index (κ1) is 30.7. The quantitative estimate of drug-likeness (QED) is 0.205. The van der Waals surface area contributed by atoms with Gasteiger partial charge in [-0.25, -0.2) is 13.2 Å². The fourth-order valence-corrected chi connectivity index (χ4v) is 6.08. The van der Waals surface area contributed by atoms with Crippen LogP contribution in [0.4, 0.5) is 4.79 Å². The molecule has 0 unspecified atom stereocenters. The molecule has 0 saturated heterocycles. The Hall–Kier alpha value is -4.26. The lowest BCUT2D eigenvalue weighted by atomic mass is 10.0. The number of carboxylic acid groups (broad SMARTS) is 1. The van der Waals surface area contributed by atoms with Gasteiger partial charge in [0.2, 0.25) is 15.8 Å². The predicted molar refractivity (Wildman–Crippen MR) is 156 cm³/mol. The lowest BCUT2D eigenvalue weighted by Crippen LogP contribution is -2.50. The molecule has 11 nitrogen and oxygen atoms in total. The molecule has 0 spiro atoms. The summed E-state index contributed by atoms with van der Waals surface area (Å²) in [5, 5.41) is 26.8. The summed E-state index contributed by atoms with van der Waals surface area (Å²) in [6.07, 6.45) is -2.41. The van der Waals surface area contributed by atoms with Crippen molar-refractivity contribution in [2.75, 3.05) is 20.2 Å². The molecule has 0 saturated carbocycles. The molecule has 0 aliphatic heterocycles. The van der Waals surface area contributed by atoms with Crippen LogP contribution in [0.5, 0.6) is 5.75 Å². The molecule has 1 heterocycles. The summed E-state index contributed by atoms with van der Waals surface area (Å²) in [6, 6.07) is 21.4. The van der Waals surface area contributed by atoms with E-state index < -0.39 is 28.3 Å². The van der Waals surface area contributed by atoms with Gasteiger partial charge in [-0.2, -0.15) is 9.29 Å². The highest BCUT2D eigenvalue weighted by atomic mass is 32.2. The molecule has 4 aromatic rings. The summed E-state index contributed by atoms with van der Waals surface area (Å²) in [6.45, 7) is 3.56. The number of rotatable bonds is 13. The molecule has 2 atom stereocenters. The van der Waals surface area contributed by atoms with Crippen LogP contribution in [-0.2, 0) is 16.4 Å². The monoisotopic (exact) mass is 594 g/mol. The predicted octanol–water partition coefficient (Wildman–Crippen LogP) is 4.30. The first-order chi connectivity index (χ1) is 20.1. The standard InChI is InChI=1S/C30H34N4O7S/c1-20(2)18-34(19-27(35)26(31-30(36)37)16-21-8-5-4-6-9-21)42(38,39)25-14-12-22(13-15-25)28-32-29(41-33-28)23-10-7-11-24(17-23)40-3/h4-15,17,20,26-27,31,35H,16,18-19H2,1-3H3,(H,36,37)/t26-,27-/m0/s1. The zero-order chi connectivity index (χ0) is 30.3. The van der Waals surface area contributed by atoms with E-state index in [9.17, 15) is 23.4 Å². The van der Waals surface area contributed by atoms with Crippen molar-refractivity contribution >= 4 is 16.1 Å². The number of aliphatic hydroxyl groups excluding tert-OH is 1. The Kier molecular flexibility index (Phi) is 9.94. The summed E-state index contributed by atoms with van der Waals surface area (Å²) in [5.41, 5.74) is 2.04. The number of hydrogen-bond acceptors (Lipinski definition) is 8. The van der Waals surface area contributed by atoms with Gasteiger partial charge in [0.15, 0.2) is 0 Å². The van der Waals surface area contributed by atoms with Gasteiger partial charge in [-0.1, -0.05) is 55.4 Å². The summed E-state index contributed by atoms with van der Waals surface area (Å²) in [5.74, 6) is 1.16. The van der Waals surface area contributed by atoms with Crippen molar-refractivity contribution < 1.29 is 32.7 Å². The second-order valence-corrected chi connectivity index (χ2v) is 12.1. The maximum absolute atomic E-state index is 13.7. The van der Waals surface area contributed by atoms with Gasteiger partial charge in [0.05, 0.1) is 24.2 Å². The van der Waals surface area contributed by atoms with Crippen molar-refractivity contribution in [3.63, 3.8) is 0 Å². The molecule has 42 heavy (non-hydrogen) atoms. The summed E-state index contributed by atoms with van der Waals surface area (Å²) < 4.78 is 39.3. The molecular formula is C30H34N4O7S. The summed E-state index contributed by atoms with van der Waals surface area (Å²) >= 11 is 0. The molecule has 4 rings (SSSR count). The number of ether oxygens (including phenoxy) is 1. The lowest BCUT2D eigenvalue weighted by Gasteiger charge is -2.30. The normalized spacial score (nSPS) is 13.2. The molecule has 1 aromatic heterocycles. The van der Waals surface area contributed by atoms with E-state index in [1.165, 1.54) is 16.4 Å². The summed E-state index contributed by atoms with van der Waals surface area (Å²) in [7, 11) is -2.49. The van der Waals surface area contributed by atoms with Crippen molar-refractivity contribution in [1.29, 1.82) is 0 Å². The zero-order valence-electron chi connectivity index (χ0n) is 23.5.